The Morgan fingerprint density at radius 3 is 1.65 bits per heavy atom. The molecule has 19 heteroatoms. The molecule has 0 spiro atoms. The standard InChI is InChI=1S/C24H23NO6S2.C12H16N4O4.C7H12O2/c1-23(14-25,13-12-19(26)27)24(2,15-33-21(32)17-6-4-3-5-7-17)22(30)31-18-10-8-16(9-11-18)20(28)29;1-11(7-13,5-3-9(17)18)15-16-12(2,8-14)6-4-10(19)20;1-3-5-6-9-7(8)4-2/h3-11H,12-13,15H2,1-2H3,(H,26,27)(H,28,29);3-6H2,1-2H3,(H,17,18)(H,19,20);4H,2-3,5-6H2,1H3. The largest absolute Gasteiger partial charge is 0.481 e. The molecule has 0 heterocycles. The number of hydrogen-bond donors (Lipinski definition) is 4. The molecule has 2 rings (SSSR count). The number of aromatic carboxylic acids is 1. The Hall–Kier alpha value is -6.49. The van der Waals surface area contributed by atoms with Gasteiger partial charge in [-0.15, -0.1) is 11.8 Å². The van der Waals surface area contributed by atoms with Crippen molar-refractivity contribution in [3.8, 4) is 24.0 Å². The number of carbonyl (C=O) groups excluding carboxylic acids is 2. The van der Waals surface area contributed by atoms with Crippen molar-refractivity contribution in [1.29, 1.82) is 15.8 Å². The zero-order valence-corrected chi connectivity index (χ0v) is 36.8. The molecule has 0 aromatic heterocycles. The highest BCUT2D eigenvalue weighted by molar-refractivity contribution is 8.23. The Morgan fingerprint density at radius 2 is 1.24 bits per heavy atom. The number of unbranched alkanes of at least 4 members (excludes halogenated alkanes) is 1. The molecule has 0 saturated carbocycles. The summed E-state index contributed by atoms with van der Waals surface area (Å²) in [6.45, 7) is 11.7. The molecule has 0 saturated heterocycles. The number of benzene rings is 2. The summed E-state index contributed by atoms with van der Waals surface area (Å²) < 4.78 is 10.7. The highest BCUT2D eigenvalue weighted by atomic mass is 32.2. The zero-order valence-electron chi connectivity index (χ0n) is 35.2. The third-order valence-corrected chi connectivity index (χ3v) is 10.9. The summed E-state index contributed by atoms with van der Waals surface area (Å²) in [6, 6.07) is 20.3. The second-order valence-electron chi connectivity index (χ2n) is 14.3. The van der Waals surface area contributed by atoms with Crippen molar-refractivity contribution < 1.29 is 58.7 Å². The minimum atomic E-state index is -1.42. The van der Waals surface area contributed by atoms with Crippen LogP contribution in [-0.2, 0) is 28.7 Å². The van der Waals surface area contributed by atoms with Gasteiger partial charge < -0.3 is 29.9 Å². The lowest BCUT2D eigenvalue weighted by Crippen LogP contribution is -2.48. The topological polar surface area (TPSA) is 298 Å². The number of thiocarbonyl (C=S) groups is 1. The van der Waals surface area contributed by atoms with Crippen LogP contribution in [0.1, 0.15) is 102 Å². The molecule has 2 aromatic carbocycles. The summed E-state index contributed by atoms with van der Waals surface area (Å²) in [6.07, 6.45) is 2.21. The van der Waals surface area contributed by atoms with Gasteiger partial charge >= 0.3 is 35.8 Å². The Bertz CT molecular complexity index is 2000. The van der Waals surface area contributed by atoms with Gasteiger partial charge in [-0.05, 0) is 83.2 Å². The Labute approximate surface area is 370 Å². The lowest BCUT2D eigenvalue weighted by molar-refractivity contribution is -0.150. The van der Waals surface area contributed by atoms with E-state index in [9.17, 15) is 34.0 Å². The first-order chi connectivity index (χ1) is 29.0. The zero-order chi connectivity index (χ0) is 47.6. The number of ether oxygens (including phenoxy) is 2. The van der Waals surface area contributed by atoms with Gasteiger partial charge in [-0.2, -0.15) is 26.0 Å². The second kappa shape index (κ2) is 27.4. The number of thioether (sulfide) groups is 1. The molecule has 62 heavy (non-hydrogen) atoms. The van der Waals surface area contributed by atoms with E-state index in [1.165, 1.54) is 62.9 Å². The van der Waals surface area contributed by atoms with Crippen LogP contribution < -0.4 is 4.74 Å². The van der Waals surface area contributed by atoms with E-state index in [1.807, 2.05) is 49.4 Å². The fourth-order valence-corrected chi connectivity index (χ4v) is 6.03. The average molecular weight is 894 g/mol. The quantitative estimate of drug-likeness (QED) is 0.0217. The third kappa shape index (κ3) is 20.2. The number of esters is 2. The van der Waals surface area contributed by atoms with Crippen LogP contribution in [0.25, 0.3) is 0 Å². The van der Waals surface area contributed by atoms with Crippen LogP contribution in [0.2, 0.25) is 0 Å². The van der Waals surface area contributed by atoms with Crippen LogP contribution in [0.15, 0.2) is 77.5 Å². The molecule has 0 fully saturated rings. The maximum atomic E-state index is 13.4. The minimum absolute atomic E-state index is 0.0321. The van der Waals surface area contributed by atoms with Gasteiger partial charge in [0.05, 0.1) is 45.4 Å². The average Bonchev–Trinajstić information content (AvgIpc) is 3.25. The molecule has 0 aliphatic heterocycles. The number of carboxylic acid groups (broad SMARTS) is 4. The van der Waals surface area contributed by atoms with Crippen molar-refractivity contribution >= 4 is 64.0 Å². The molecule has 4 N–H and O–H groups in total. The number of carboxylic acids is 4. The van der Waals surface area contributed by atoms with Crippen LogP contribution in [0.5, 0.6) is 5.75 Å². The van der Waals surface area contributed by atoms with Crippen molar-refractivity contribution in [2.24, 2.45) is 21.1 Å². The number of nitriles is 3. The van der Waals surface area contributed by atoms with E-state index in [4.69, 9.17) is 47.9 Å². The smallest absolute Gasteiger partial charge is 0.335 e. The number of hydrogen-bond acceptors (Lipinski definition) is 15. The summed E-state index contributed by atoms with van der Waals surface area (Å²) in [5.41, 5.74) is -4.67. The van der Waals surface area contributed by atoms with E-state index >= 15 is 0 Å². The van der Waals surface area contributed by atoms with Crippen LogP contribution in [-0.4, -0.2) is 83.9 Å². The number of aliphatic carboxylic acids is 3. The van der Waals surface area contributed by atoms with Crippen LogP contribution >= 0.6 is 24.0 Å². The minimum Gasteiger partial charge on any atom is -0.481 e. The first kappa shape index (κ1) is 55.5. The fourth-order valence-electron chi connectivity index (χ4n) is 4.56. The Balaban J connectivity index is 0.00000108. The van der Waals surface area contributed by atoms with Crippen molar-refractivity contribution in [1.82, 2.24) is 0 Å². The van der Waals surface area contributed by atoms with Crippen LogP contribution in [0.3, 0.4) is 0 Å². The van der Waals surface area contributed by atoms with Crippen molar-refractivity contribution in [3.05, 3.63) is 78.4 Å². The number of nitrogens with zero attached hydrogens (tertiary/aromatic N) is 5. The van der Waals surface area contributed by atoms with Gasteiger partial charge in [0.1, 0.15) is 5.75 Å². The van der Waals surface area contributed by atoms with Crippen LogP contribution in [0, 0.1) is 44.8 Å². The van der Waals surface area contributed by atoms with E-state index in [-0.39, 0.29) is 61.6 Å². The first-order valence-corrected chi connectivity index (χ1v) is 20.3. The van der Waals surface area contributed by atoms with Gasteiger partial charge in [0.15, 0.2) is 11.1 Å². The fraction of sp³-hybridized carbons (Fsp3) is 0.442. The highest BCUT2D eigenvalue weighted by Gasteiger charge is 2.52. The SMILES string of the molecule is C=CC(=O)OCCCC.CC(C#N)(CCC(=O)O)C(C)(CSC(=S)c1ccccc1)C(=O)Oc1ccc(C(=O)O)cc1.CC(C#N)(CCC(=O)O)N=NC(C)(C#N)CCC(=O)O. The predicted molar refractivity (Wildman–Crippen MR) is 231 cm³/mol. The molecule has 4 atom stereocenters. The van der Waals surface area contributed by atoms with Gasteiger partial charge in [-0.3, -0.25) is 19.2 Å². The molecule has 4 unspecified atom stereocenters. The van der Waals surface area contributed by atoms with E-state index in [0.717, 1.165) is 18.4 Å². The third-order valence-electron chi connectivity index (χ3n) is 9.10. The molecule has 0 aliphatic rings. The molecular formula is C43H51N5O12S2. The molecule has 0 radical (unpaired) electrons. The van der Waals surface area contributed by atoms with Gasteiger partial charge in [-0.25, -0.2) is 9.59 Å². The molecular weight excluding hydrogens is 843 g/mol. The number of azo groups is 1. The monoisotopic (exact) mass is 893 g/mol. The Morgan fingerprint density at radius 1 is 0.758 bits per heavy atom. The number of rotatable bonds is 22. The summed E-state index contributed by atoms with van der Waals surface area (Å²) in [7, 11) is 0. The summed E-state index contributed by atoms with van der Waals surface area (Å²) in [5.74, 6) is -5.18. The van der Waals surface area contributed by atoms with Gasteiger partial charge in [0.25, 0.3) is 0 Å². The lowest BCUT2D eigenvalue weighted by Gasteiger charge is -2.39. The van der Waals surface area contributed by atoms with Crippen molar-refractivity contribution in [2.45, 2.75) is 97.1 Å². The maximum Gasteiger partial charge on any atom is 0.335 e. The maximum absolute atomic E-state index is 13.4. The van der Waals surface area contributed by atoms with E-state index in [1.54, 1.807) is 6.92 Å². The number of carbonyl (C=O) groups is 6. The van der Waals surface area contributed by atoms with E-state index in [2.05, 4.69) is 27.6 Å². The molecule has 0 bridgehead atoms. The Kier molecular flexibility index (Phi) is 24.5. The highest BCUT2D eigenvalue weighted by Crippen LogP contribution is 2.46. The van der Waals surface area contributed by atoms with Gasteiger partial charge in [0.2, 0.25) is 0 Å². The molecule has 17 nitrogen and oxygen atoms in total. The lowest BCUT2D eigenvalue weighted by atomic mass is 9.65. The summed E-state index contributed by atoms with van der Waals surface area (Å²) in [5, 5.41) is 70.9. The van der Waals surface area contributed by atoms with E-state index in [0.29, 0.717) is 10.8 Å². The summed E-state index contributed by atoms with van der Waals surface area (Å²) in [4.78, 5) is 66.9. The van der Waals surface area contributed by atoms with Crippen molar-refractivity contribution in [2.75, 3.05) is 12.4 Å². The normalized spacial score (nSPS) is 14.2. The second-order valence-corrected chi connectivity index (χ2v) is 16.0. The molecule has 0 aliphatic carbocycles. The van der Waals surface area contributed by atoms with Crippen molar-refractivity contribution in [3.63, 3.8) is 0 Å². The van der Waals surface area contributed by atoms with Crippen LogP contribution in [0.4, 0.5) is 0 Å². The van der Waals surface area contributed by atoms with Gasteiger partial charge in [0, 0.05) is 31.1 Å². The predicted octanol–water partition coefficient (Wildman–Crippen LogP) is 8.05. The molecule has 2 aromatic rings. The molecule has 332 valence electrons. The first-order valence-electron chi connectivity index (χ1n) is 18.9. The van der Waals surface area contributed by atoms with E-state index < -0.39 is 51.8 Å². The van der Waals surface area contributed by atoms with Gasteiger partial charge in [-0.1, -0.05) is 62.5 Å². The molecule has 0 amide bonds. The summed E-state index contributed by atoms with van der Waals surface area (Å²) >= 11 is 6.70.